The standard InChI is InChI=1S/C28H37N2O6P/c1-6-35-37(33,36-7-2)22-10-8-21(9-11-22)25-16-19(3)12-14-29(25)18-24-23-13-15-30(28(31)32)27(23)20(4)17-26(24)34-5/h8-11,13,15,17,19,25H,6-7,12,14,16,18H2,1-5H3,(H,31,32). The van der Waals surface area contributed by atoms with Gasteiger partial charge in [0, 0.05) is 29.7 Å². The SMILES string of the molecule is CCOP(=O)(OCC)c1ccc(C2CC(C)CCN2Cc2c(OC)cc(C)c3c2ccn3C(=O)O)cc1. The van der Waals surface area contributed by atoms with Gasteiger partial charge in [-0.25, -0.2) is 4.79 Å². The van der Waals surface area contributed by atoms with Crippen LogP contribution < -0.4 is 10.0 Å². The van der Waals surface area contributed by atoms with E-state index in [0.717, 1.165) is 47.2 Å². The largest absolute Gasteiger partial charge is 0.496 e. The van der Waals surface area contributed by atoms with Gasteiger partial charge in [-0.1, -0.05) is 19.1 Å². The Morgan fingerprint density at radius 2 is 1.81 bits per heavy atom. The van der Waals surface area contributed by atoms with Crippen LogP contribution in [0.2, 0.25) is 0 Å². The number of hydrogen-bond donors (Lipinski definition) is 1. The van der Waals surface area contributed by atoms with Gasteiger partial charge in [-0.3, -0.25) is 14.0 Å². The Balaban J connectivity index is 1.70. The second-order valence-corrected chi connectivity index (χ2v) is 11.7. The van der Waals surface area contributed by atoms with Crippen LogP contribution in [0.4, 0.5) is 4.79 Å². The number of carboxylic acid groups (broad SMARTS) is 1. The van der Waals surface area contributed by atoms with E-state index in [0.29, 0.717) is 36.5 Å². The fourth-order valence-electron chi connectivity index (χ4n) is 5.40. The predicted molar refractivity (Wildman–Crippen MR) is 145 cm³/mol. The molecule has 2 heterocycles. The molecule has 8 nitrogen and oxygen atoms in total. The Labute approximate surface area is 218 Å². The minimum Gasteiger partial charge on any atom is -0.496 e. The molecule has 1 aromatic heterocycles. The van der Waals surface area contributed by atoms with Crippen LogP contribution in [0.5, 0.6) is 5.75 Å². The monoisotopic (exact) mass is 528 g/mol. The fourth-order valence-corrected chi connectivity index (χ4v) is 6.97. The third-order valence-electron chi connectivity index (χ3n) is 7.18. The number of carbonyl (C=O) groups is 1. The van der Waals surface area contributed by atoms with Crippen molar-refractivity contribution in [1.82, 2.24) is 9.47 Å². The molecule has 1 aliphatic rings. The van der Waals surface area contributed by atoms with Gasteiger partial charge in [0.2, 0.25) is 0 Å². The first-order valence-electron chi connectivity index (χ1n) is 12.9. The minimum atomic E-state index is -3.34. The molecule has 0 amide bonds. The van der Waals surface area contributed by atoms with E-state index in [9.17, 15) is 14.5 Å². The van der Waals surface area contributed by atoms with E-state index < -0.39 is 13.7 Å². The molecule has 0 aliphatic carbocycles. The number of aryl methyl sites for hydroxylation is 1. The zero-order valence-corrected chi connectivity index (χ0v) is 23.2. The summed E-state index contributed by atoms with van der Waals surface area (Å²) in [5, 5.41) is 11.1. The molecule has 3 aromatic rings. The second-order valence-electron chi connectivity index (χ2n) is 9.65. The summed E-state index contributed by atoms with van der Waals surface area (Å²) in [6.07, 6.45) is 2.66. The lowest BCUT2D eigenvalue weighted by atomic mass is 9.87. The quantitative estimate of drug-likeness (QED) is 0.324. The molecule has 0 bridgehead atoms. The van der Waals surface area contributed by atoms with Gasteiger partial charge in [-0.05, 0) is 81.5 Å². The number of nitrogens with zero attached hydrogens (tertiary/aromatic N) is 2. The first-order valence-corrected chi connectivity index (χ1v) is 14.4. The van der Waals surface area contributed by atoms with Crippen molar-refractivity contribution in [2.45, 2.75) is 53.1 Å². The first-order chi connectivity index (χ1) is 17.7. The number of ether oxygens (including phenoxy) is 1. The molecule has 2 unspecified atom stereocenters. The molecule has 9 heteroatoms. The highest BCUT2D eigenvalue weighted by molar-refractivity contribution is 7.62. The van der Waals surface area contributed by atoms with E-state index in [2.05, 4.69) is 11.8 Å². The molecule has 0 radical (unpaired) electrons. The van der Waals surface area contributed by atoms with Crippen molar-refractivity contribution in [3.63, 3.8) is 0 Å². The van der Waals surface area contributed by atoms with Crippen molar-refractivity contribution in [3.8, 4) is 5.75 Å². The lowest BCUT2D eigenvalue weighted by molar-refractivity contribution is 0.110. The minimum absolute atomic E-state index is 0.152. The zero-order chi connectivity index (χ0) is 26.7. The molecule has 1 aliphatic heterocycles. The molecule has 2 aromatic carbocycles. The van der Waals surface area contributed by atoms with Crippen molar-refractivity contribution in [2.75, 3.05) is 26.9 Å². The van der Waals surface area contributed by atoms with Crippen molar-refractivity contribution in [3.05, 3.63) is 59.3 Å². The Hall–Kier alpha value is -2.64. The number of hydrogen-bond acceptors (Lipinski definition) is 6. The third kappa shape index (κ3) is 5.48. The van der Waals surface area contributed by atoms with Gasteiger partial charge >= 0.3 is 13.7 Å². The average molecular weight is 529 g/mol. The third-order valence-corrected chi connectivity index (χ3v) is 9.31. The van der Waals surface area contributed by atoms with Crippen LogP contribution in [0.25, 0.3) is 10.9 Å². The van der Waals surface area contributed by atoms with Crippen LogP contribution in [-0.2, 0) is 20.2 Å². The maximum absolute atomic E-state index is 13.2. The van der Waals surface area contributed by atoms with Crippen LogP contribution in [0.1, 0.15) is 56.3 Å². The van der Waals surface area contributed by atoms with Crippen LogP contribution in [0.15, 0.2) is 42.6 Å². The van der Waals surface area contributed by atoms with Gasteiger partial charge in [0.1, 0.15) is 5.75 Å². The van der Waals surface area contributed by atoms with Crippen LogP contribution >= 0.6 is 7.60 Å². The molecular weight excluding hydrogens is 491 g/mol. The molecule has 200 valence electrons. The van der Waals surface area contributed by atoms with Crippen molar-refractivity contribution in [2.24, 2.45) is 5.92 Å². The molecule has 1 saturated heterocycles. The normalized spacial score (nSPS) is 18.8. The van der Waals surface area contributed by atoms with Crippen LogP contribution in [0, 0.1) is 12.8 Å². The molecular formula is C28H37N2O6P. The Morgan fingerprint density at radius 3 is 2.41 bits per heavy atom. The van der Waals surface area contributed by atoms with E-state index in [4.69, 9.17) is 13.8 Å². The lowest BCUT2D eigenvalue weighted by Crippen LogP contribution is -2.36. The van der Waals surface area contributed by atoms with E-state index in [-0.39, 0.29) is 6.04 Å². The van der Waals surface area contributed by atoms with E-state index in [1.807, 2.05) is 57.2 Å². The second kappa shape index (κ2) is 11.4. The first kappa shape index (κ1) is 27.4. The summed E-state index contributed by atoms with van der Waals surface area (Å²) >= 11 is 0. The smallest absolute Gasteiger partial charge is 0.416 e. The Kier molecular flexibility index (Phi) is 8.44. The Morgan fingerprint density at radius 1 is 1.14 bits per heavy atom. The predicted octanol–water partition coefficient (Wildman–Crippen LogP) is 6.35. The van der Waals surface area contributed by atoms with Gasteiger partial charge in [0.15, 0.2) is 0 Å². The molecule has 37 heavy (non-hydrogen) atoms. The van der Waals surface area contributed by atoms with Crippen LogP contribution in [-0.4, -0.2) is 47.5 Å². The summed E-state index contributed by atoms with van der Waals surface area (Å²) in [5.41, 5.74) is 3.67. The summed E-state index contributed by atoms with van der Waals surface area (Å²) in [5.74, 6) is 1.32. The highest BCUT2D eigenvalue weighted by atomic mass is 31.2. The lowest BCUT2D eigenvalue weighted by Gasteiger charge is -2.39. The van der Waals surface area contributed by atoms with Gasteiger partial charge in [0.25, 0.3) is 0 Å². The number of rotatable bonds is 9. The number of aromatic nitrogens is 1. The maximum atomic E-state index is 13.2. The highest BCUT2D eigenvalue weighted by Crippen LogP contribution is 2.47. The fraction of sp³-hybridized carbons (Fsp3) is 0.464. The van der Waals surface area contributed by atoms with Crippen LogP contribution in [0.3, 0.4) is 0 Å². The van der Waals surface area contributed by atoms with Crippen molar-refractivity contribution < 1.29 is 28.3 Å². The maximum Gasteiger partial charge on any atom is 0.416 e. The number of piperidine rings is 1. The van der Waals surface area contributed by atoms with Gasteiger partial charge in [-0.2, -0.15) is 0 Å². The van der Waals surface area contributed by atoms with E-state index in [1.165, 1.54) is 4.57 Å². The number of fused-ring (bicyclic) bond motifs is 1. The molecule has 2 atom stereocenters. The molecule has 1 N–H and O–H groups in total. The summed E-state index contributed by atoms with van der Waals surface area (Å²) in [7, 11) is -1.69. The van der Waals surface area contributed by atoms with Gasteiger partial charge in [0.05, 0.1) is 31.1 Å². The molecule has 0 spiro atoms. The van der Waals surface area contributed by atoms with Crippen molar-refractivity contribution >= 4 is 29.9 Å². The highest BCUT2D eigenvalue weighted by Gasteiger charge is 2.31. The summed E-state index contributed by atoms with van der Waals surface area (Å²) in [6.45, 7) is 9.94. The number of methoxy groups -OCH3 is 1. The van der Waals surface area contributed by atoms with Crippen molar-refractivity contribution in [1.29, 1.82) is 0 Å². The van der Waals surface area contributed by atoms with Gasteiger partial charge in [-0.15, -0.1) is 0 Å². The summed E-state index contributed by atoms with van der Waals surface area (Å²) in [4.78, 5) is 14.3. The summed E-state index contributed by atoms with van der Waals surface area (Å²) < 4.78 is 31.3. The van der Waals surface area contributed by atoms with E-state index in [1.54, 1.807) is 13.3 Å². The Bertz CT molecular complexity index is 1290. The molecule has 1 fully saturated rings. The summed E-state index contributed by atoms with van der Waals surface area (Å²) in [6, 6.07) is 11.7. The van der Waals surface area contributed by atoms with E-state index >= 15 is 0 Å². The average Bonchev–Trinajstić information content (AvgIpc) is 3.33. The number of benzene rings is 2. The van der Waals surface area contributed by atoms with Gasteiger partial charge < -0.3 is 18.9 Å². The molecule has 4 rings (SSSR count). The molecule has 0 saturated carbocycles. The zero-order valence-electron chi connectivity index (χ0n) is 22.3. The number of likely N-dealkylation sites (tertiary alicyclic amines) is 1. The topological polar surface area (TPSA) is 90.2 Å².